The molecule has 0 bridgehead atoms. The Bertz CT molecular complexity index is 302. The zero-order chi connectivity index (χ0) is 13.1. The van der Waals surface area contributed by atoms with Crippen LogP contribution in [-0.4, -0.2) is 16.6 Å². The van der Waals surface area contributed by atoms with Gasteiger partial charge in [0.25, 0.3) is 0 Å². The molecule has 0 aliphatic heterocycles. The Morgan fingerprint density at radius 1 is 1.29 bits per heavy atom. The SMILES string of the molecule is CC(C)C(C1=CCCC=C1)N(OI)C(C)(C)C. The van der Waals surface area contributed by atoms with Gasteiger partial charge in [0.2, 0.25) is 0 Å². The van der Waals surface area contributed by atoms with Crippen LogP contribution >= 0.6 is 23.0 Å². The van der Waals surface area contributed by atoms with Gasteiger partial charge in [-0.05, 0) is 45.1 Å². The predicted molar refractivity (Wildman–Crippen MR) is 81.8 cm³/mol. The van der Waals surface area contributed by atoms with E-state index >= 15 is 0 Å². The molecule has 0 fully saturated rings. The molecule has 1 atom stereocenters. The highest BCUT2D eigenvalue weighted by Crippen LogP contribution is 2.30. The number of hydroxylamine groups is 2. The first kappa shape index (κ1) is 15.2. The summed E-state index contributed by atoms with van der Waals surface area (Å²) in [5, 5.41) is 2.11. The van der Waals surface area contributed by atoms with Crippen LogP contribution in [0.3, 0.4) is 0 Å². The summed E-state index contributed by atoms with van der Waals surface area (Å²) in [7, 11) is 0. The first-order valence-corrected chi connectivity index (χ1v) is 7.20. The summed E-state index contributed by atoms with van der Waals surface area (Å²) >= 11 is 1.99. The lowest BCUT2D eigenvalue weighted by atomic mass is 9.89. The van der Waals surface area contributed by atoms with E-state index in [0.717, 1.165) is 12.8 Å². The third-order valence-corrected chi connectivity index (χ3v) is 3.41. The smallest absolute Gasteiger partial charge is 0.137 e. The highest BCUT2D eigenvalue weighted by Gasteiger charge is 2.33. The fraction of sp³-hybridized carbons (Fsp3) is 0.714. The molecule has 98 valence electrons. The maximum absolute atomic E-state index is 5.62. The molecule has 1 unspecified atom stereocenters. The zero-order valence-corrected chi connectivity index (χ0v) is 13.7. The monoisotopic (exact) mass is 349 g/mol. The molecule has 0 aromatic heterocycles. The van der Waals surface area contributed by atoms with Crippen molar-refractivity contribution in [2.24, 2.45) is 5.92 Å². The Morgan fingerprint density at radius 3 is 2.29 bits per heavy atom. The average Bonchev–Trinajstić information content (AvgIpc) is 2.24. The van der Waals surface area contributed by atoms with E-state index in [1.165, 1.54) is 5.57 Å². The van der Waals surface area contributed by atoms with Crippen LogP contribution in [0.15, 0.2) is 23.8 Å². The number of nitrogens with zero attached hydrogens (tertiary/aromatic N) is 1. The van der Waals surface area contributed by atoms with E-state index in [1.807, 2.05) is 23.0 Å². The minimum atomic E-state index is 0.00224. The zero-order valence-electron chi connectivity index (χ0n) is 11.5. The molecule has 0 N–H and O–H groups in total. The highest BCUT2D eigenvalue weighted by atomic mass is 127. The molecule has 3 heteroatoms. The van der Waals surface area contributed by atoms with Crippen LogP contribution < -0.4 is 0 Å². The van der Waals surface area contributed by atoms with E-state index in [9.17, 15) is 0 Å². The van der Waals surface area contributed by atoms with Crippen molar-refractivity contribution < 1.29 is 3.17 Å². The topological polar surface area (TPSA) is 12.5 Å². The Balaban J connectivity index is 2.99. The maximum Gasteiger partial charge on any atom is 0.137 e. The summed E-state index contributed by atoms with van der Waals surface area (Å²) in [6.07, 6.45) is 9.17. The van der Waals surface area contributed by atoms with E-state index in [2.05, 4.69) is 57.9 Å². The van der Waals surface area contributed by atoms with E-state index in [0.29, 0.717) is 12.0 Å². The van der Waals surface area contributed by atoms with Gasteiger partial charge in [-0.3, -0.25) is 0 Å². The molecule has 0 amide bonds. The lowest BCUT2D eigenvalue weighted by molar-refractivity contribution is -0.124. The van der Waals surface area contributed by atoms with Crippen molar-refractivity contribution in [1.82, 2.24) is 5.06 Å². The molecule has 1 rings (SSSR count). The Morgan fingerprint density at radius 2 is 1.94 bits per heavy atom. The van der Waals surface area contributed by atoms with Crippen molar-refractivity contribution in [2.45, 2.75) is 59.0 Å². The molecule has 1 aliphatic carbocycles. The Labute approximate surface area is 120 Å². The third-order valence-electron chi connectivity index (χ3n) is 2.98. The van der Waals surface area contributed by atoms with Crippen molar-refractivity contribution in [3.63, 3.8) is 0 Å². The normalized spacial score (nSPS) is 18.7. The standard InChI is InChI=1S/C14H24INO/c1-11(2)13(12-9-7-6-8-10-12)16(17-15)14(3,4)5/h7,9-11,13H,6,8H2,1-5H3. The van der Waals surface area contributed by atoms with Gasteiger partial charge in [-0.25, -0.2) is 3.17 Å². The van der Waals surface area contributed by atoms with E-state index < -0.39 is 0 Å². The summed E-state index contributed by atoms with van der Waals surface area (Å²) in [5.74, 6) is 0.526. The highest BCUT2D eigenvalue weighted by molar-refractivity contribution is 14.1. The Hall–Kier alpha value is 0.130. The summed E-state index contributed by atoms with van der Waals surface area (Å²) in [5.41, 5.74) is 1.39. The van der Waals surface area contributed by atoms with Crippen molar-refractivity contribution in [2.75, 3.05) is 0 Å². The van der Waals surface area contributed by atoms with Gasteiger partial charge in [0.05, 0.1) is 6.04 Å². The van der Waals surface area contributed by atoms with Crippen LogP contribution in [0, 0.1) is 5.92 Å². The van der Waals surface area contributed by atoms with Gasteiger partial charge in [0, 0.05) is 5.54 Å². The predicted octanol–water partition coefficient (Wildman–Crippen LogP) is 4.67. The van der Waals surface area contributed by atoms with Gasteiger partial charge >= 0.3 is 0 Å². The number of hydrogen-bond acceptors (Lipinski definition) is 2. The molecular weight excluding hydrogens is 325 g/mol. The van der Waals surface area contributed by atoms with Crippen LogP contribution in [0.4, 0.5) is 0 Å². The van der Waals surface area contributed by atoms with Crippen LogP contribution in [0.1, 0.15) is 47.5 Å². The van der Waals surface area contributed by atoms with Crippen molar-refractivity contribution in [3.05, 3.63) is 23.8 Å². The molecule has 0 heterocycles. The largest absolute Gasteiger partial charge is 0.229 e. The fourth-order valence-corrected chi connectivity index (χ4v) is 3.04. The molecule has 0 spiro atoms. The first-order chi connectivity index (χ1) is 7.88. The number of hydrogen-bond donors (Lipinski definition) is 0. The molecule has 0 saturated heterocycles. The minimum absolute atomic E-state index is 0.00224. The molecule has 2 nitrogen and oxygen atoms in total. The first-order valence-electron chi connectivity index (χ1n) is 6.32. The molecule has 0 radical (unpaired) electrons. The molecule has 0 aromatic carbocycles. The number of allylic oxidation sites excluding steroid dienone is 2. The summed E-state index contributed by atoms with van der Waals surface area (Å²) in [6.45, 7) is 11.1. The molecular formula is C14H24INO. The summed E-state index contributed by atoms with van der Waals surface area (Å²) in [4.78, 5) is 0. The molecule has 0 saturated carbocycles. The van der Waals surface area contributed by atoms with Gasteiger partial charge in [-0.15, -0.1) is 0 Å². The number of rotatable bonds is 4. The third kappa shape index (κ3) is 4.07. The van der Waals surface area contributed by atoms with Crippen LogP contribution in [-0.2, 0) is 3.17 Å². The van der Waals surface area contributed by atoms with Gasteiger partial charge < -0.3 is 0 Å². The summed E-state index contributed by atoms with van der Waals surface area (Å²) < 4.78 is 5.62. The van der Waals surface area contributed by atoms with Gasteiger partial charge in [-0.1, -0.05) is 32.1 Å². The quantitative estimate of drug-likeness (QED) is 0.540. The van der Waals surface area contributed by atoms with Gasteiger partial charge in [0.1, 0.15) is 23.0 Å². The van der Waals surface area contributed by atoms with E-state index in [4.69, 9.17) is 3.17 Å². The van der Waals surface area contributed by atoms with E-state index in [-0.39, 0.29) is 5.54 Å². The number of halogens is 1. The van der Waals surface area contributed by atoms with Crippen LogP contribution in [0.25, 0.3) is 0 Å². The van der Waals surface area contributed by atoms with Crippen molar-refractivity contribution >= 4 is 23.0 Å². The van der Waals surface area contributed by atoms with Crippen molar-refractivity contribution in [3.8, 4) is 0 Å². The molecule has 17 heavy (non-hydrogen) atoms. The molecule has 0 aromatic rings. The maximum atomic E-state index is 5.62. The lowest BCUT2D eigenvalue weighted by Crippen LogP contribution is -2.49. The average molecular weight is 349 g/mol. The fourth-order valence-electron chi connectivity index (χ4n) is 2.21. The second kappa shape index (κ2) is 6.34. The second-order valence-corrected chi connectivity index (χ2v) is 6.33. The molecule has 1 aliphatic rings. The minimum Gasteiger partial charge on any atom is -0.229 e. The van der Waals surface area contributed by atoms with Crippen LogP contribution in [0.5, 0.6) is 0 Å². The Kier molecular flexibility index (Phi) is 5.67. The second-order valence-electron chi connectivity index (χ2n) is 5.94. The van der Waals surface area contributed by atoms with Gasteiger partial charge in [-0.2, -0.15) is 5.06 Å². The summed E-state index contributed by atoms with van der Waals surface area (Å²) in [6, 6.07) is 0.323. The van der Waals surface area contributed by atoms with Crippen molar-refractivity contribution in [1.29, 1.82) is 0 Å². The van der Waals surface area contributed by atoms with Crippen LogP contribution in [0.2, 0.25) is 0 Å². The lowest BCUT2D eigenvalue weighted by Gasteiger charge is -2.41. The van der Waals surface area contributed by atoms with E-state index in [1.54, 1.807) is 0 Å². The van der Waals surface area contributed by atoms with Gasteiger partial charge in [0.15, 0.2) is 0 Å².